The Morgan fingerprint density at radius 1 is 1.33 bits per heavy atom. The third kappa shape index (κ3) is 4.12. The van der Waals surface area contributed by atoms with Crippen molar-refractivity contribution >= 4 is 17.4 Å². The Bertz CT molecular complexity index is 718. The number of nitrogens with one attached hydrogen (secondary N) is 1. The van der Waals surface area contributed by atoms with Crippen molar-refractivity contribution in [1.29, 1.82) is 0 Å². The summed E-state index contributed by atoms with van der Waals surface area (Å²) in [6.45, 7) is 3.77. The lowest BCUT2D eigenvalue weighted by Gasteiger charge is -2.29. The number of nitrogens with zero attached hydrogens (tertiary/aromatic N) is 1. The number of methoxy groups -OCH3 is 1. The number of carbonyl (C=O) groups excluding carboxylic acids is 1. The fraction of sp³-hybridized carbons (Fsp3) is 0.333. The highest BCUT2D eigenvalue weighted by Gasteiger charge is 2.27. The average Bonchev–Trinajstić information content (AvgIpc) is 2.59. The van der Waals surface area contributed by atoms with E-state index in [-0.39, 0.29) is 24.1 Å². The Kier molecular flexibility index (Phi) is 5.94. The lowest BCUT2D eigenvalue weighted by Crippen LogP contribution is -2.40. The minimum absolute atomic E-state index is 0.00910. The summed E-state index contributed by atoms with van der Waals surface area (Å²) in [5.74, 6) is 0.420. The van der Waals surface area contributed by atoms with Crippen molar-refractivity contribution in [2.75, 3.05) is 13.7 Å². The topological polar surface area (TPSA) is 71.5 Å². The average molecular weight is 349 g/mol. The number of aliphatic hydroxyl groups is 1. The van der Waals surface area contributed by atoms with Crippen LogP contribution < -0.4 is 10.1 Å². The number of ether oxygens (including phenoxy) is 1. The van der Waals surface area contributed by atoms with Gasteiger partial charge in [0, 0.05) is 16.7 Å². The van der Waals surface area contributed by atoms with Gasteiger partial charge in [0.25, 0.3) is 0 Å². The molecule has 2 N–H and O–H groups in total. The number of aliphatic hydroxyl groups excluding tert-OH is 1. The third-order valence-corrected chi connectivity index (χ3v) is 4.07. The zero-order chi connectivity index (χ0) is 17.7. The maximum Gasteiger partial charge on any atom is 0.176 e. The Balaban J connectivity index is 2.24. The number of Topliss-reactive ketones (excluding diaryl/α,β-unsaturated/α-hetero) is 1. The van der Waals surface area contributed by atoms with Crippen molar-refractivity contribution in [2.45, 2.75) is 26.0 Å². The van der Waals surface area contributed by atoms with Crippen LogP contribution in [0.3, 0.4) is 0 Å². The SMILES string of the molecule is COc1c(C(C)(C)NCC(=O)c2ccccc2)cc(CO)nc1Cl. The molecule has 1 heterocycles. The summed E-state index contributed by atoms with van der Waals surface area (Å²) in [7, 11) is 1.51. The van der Waals surface area contributed by atoms with Crippen LogP contribution in [0, 0.1) is 0 Å². The number of rotatable bonds is 7. The number of aromatic nitrogens is 1. The van der Waals surface area contributed by atoms with E-state index < -0.39 is 5.54 Å². The maximum atomic E-state index is 12.3. The van der Waals surface area contributed by atoms with Crippen LogP contribution >= 0.6 is 11.6 Å². The number of halogens is 1. The van der Waals surface area contributed by atoms with Gasteiger partial charge in [-0.05, 0) is 19.9 Å². The molecule has 0 fully saturated rings. The van der Waals surface area contributed by atoms with Gasteiger partial charge in [0.1, 0.15) is 0 Å². The number of hydrogen-bond donors (Lipinski definition) is 2. The maximum absolute atomic E-state index is 12.3. The number of benzene rings is 1. The minimum atomic E-state index is -0.605. The first kappa shape index (κ1) is 18.4. The van der Waals surface area contributed by atoms with Gasteiger partial charge in [0.2, 0.25) is 0 Å². The molecule has 0 unspecified atom stereocenters. The molecule has 0 saturated heterocycles. The first-order valence-electron chi connectivity index (χ1n) is 7.57. The van der Waals surface area contributed by atoms with Gasteiger partial charge in [-0.15, -0.1) is 0 Å². The molecule has 0 aliphatic carbocycles. The summed E-state index contributed by atoms with van der Waals surface area (Å²) < 4.78 is 5.35. The molecular formula is C18H21ClN2O3. The fourth-order valence-corrected chi connectivity index (χ4v) is 2.70. The van der Waals surface area contributed by atoms with Gasteiger partial charge in [-0.3, -0.25) is 4.79 Å². The molecular weight excluding hydrogens is 328 g/mol. The molecule has 0 atom stereocenters. The molecule has 2 aromatic rings. The molecule has 1 aromatic carbocycles. The lowest BCUT2D eigenvalue weighted by atomic mass is 9.93. The quantitative estimate of drug-likeness (QED) is 0.594. The smallest absolute Gasteiger partial charge is 0.176 e. The molecule has 0 radical (unpaired) electrons. The van der Waals surface area contributed by atoms with E-state index in [1.54, 1.807) is 18.2 Å². The van der Waals surface area contributed by atoms with Gasteiger partial charge in [0.15, 0.2) is 16.7 Å². The van der Waals surface area contributed by atoms with E-state index in [4.69, 9.17) is 16.3 Å². The van der Waals surface area contributed by atoms with Crippen molar-refractivity contribution in [2.24, 2.45) is 0 Å². The highest BCUT2D eigenvalue weighted by atomic mass is 35.5. The monoisotopic (exact) mass is 348 g/mol. The van der Waals surface area contributed by atoms with Gasteiger partial charge < -0.3 is 15.2 Å². The minimum Gasteiger partial charge on any atom is -0.493 e. The van der Waals surface area contributed by atoms with E-state index in [0.717, 1.165) is 5.56 Å². The summed E-state index contributed by atoms with van der Waals surface area (Å²) in [5, 5.41) is 12.8. The van der Waals surface area contributed by atoms with Crippen LogP contribution in [-0.4, -0.2) is 29.5 Å². The molecule has 5 nitrogen and oxygen atoms in total. The second-order valence-corrected chi connectivity index (χ2v) is 6.27. The Morgan fingerprint density at radius 2 is 2.00 bits per heavy atom. The van der Waals surface area contributed by atoms with Crippen LogP contribution in [0.2, 0.25) is 5.15 Å². The molecule has 0 aliphatic rings. The number of carbonyl (C=O) groups is 1. The second kappa shape index (κ2) is 7.75. The summed E-state index contributed by atoms with van der Waals surface area (Å²) in [6, 6.07) is 10.8. The van der Waals surface area contributed by atoms with E-state index >= 15 is 0 Å². The summed E-state index contributed by atoms with van der Waals surface area (Å²) in [6.07, 6.45) is 0. The first-order chi connectivity index (χ1) is 11.4. The van der Waals surface area contributed by atoms with Gasteiger partial charge in [-0.1, -0.05) is 41.9 Å². The van der Waals surface area contributed by atoms with Crippen LogP contribution in [0.15, 0.2) is 36.4 Å². The molecule has 0 spiro atoms. The molecule has 0 aliphatic heterocycles. The molecule has 0 amide bonds. The zero-order valence-electron chi connectivity index (χ0n) is 14.0. The van der Waals surface area contributed by atoms with Gasteiger partial charge in [-0.2, -0.15) is 0 Å². The number of hydrogen-bond acceptors (Lipinski definition) is 5. The van der Waals surface area contributed by atoms with Crippen molar-refractivity contribution in [3.05, 3.63) is 58.4 Å². The van der Waals surface area contributed by atoms with Crippen LogP contribution in [0.1, 0.15) is 35.5 Å². The summed E-state index contributed by atoms with van der Waals surface area (Å²) in [5.41, 5.74) is 1.22. The Labute approximate surface area is 146 Å². The summed E-state index contributed by atoms with van der Waals surface area (Å²) >= 11 is 6.14. The van der Waals surface area contributed by atoms with Crippen LogP contribution in [0.25, 0.3) is 0 Å². The van der Waals surface area contributed by atoms with Gasteiger partial charge >= 0.3 is 0 Å². The molecule has 128 valence electrons. The standard InChI is InChI=1S/C18H21ClN2O3/c1-18(2,20-10-15(23)12-7-5-4-6-8-12)14-9-13(11-22)21-17(19)16(14)24-3/h4-9,20,22H,10-11H2,1-3H3. The molecule has 0 saturated carbocycles. The predicted molar refractivity (Wildman–Crippen MR) is 93.5 cm³/mol. The van der Waals surface area contributed by atoms with Crippen LogP contribution in [-0.2, 0) is 12.1 Å². The first-order valence-corrected chi connectivity index (χ1v) is 7.95. The van der Waals surface area contributed by atoms with Crippen molar-refractivity contribution in [1.82, 2.24) is 10.3 Å². The number of ketones is 1. The summed E-state index contributed by atoms with van der Waals surface area (Å²) in [4.78, 5) is 16.4. The normalized spacial score (nSPS) is 11.4. The third-order valence-electron chi connectivity index (χ3n) is 3.81. The molecule has 2 rings (SSSR count). The predicted octanol–water partition coefficient (Wildman–Crippen LogP) is 2.94. The molecule has 1 aromatic heterocycles. The fourth-order valence-electron chi connectivity index (χ4n) is 2.41. The lowest BCUT2D eigenvalue weighted by molar-refractivity contribution is 0.0980. The van der Waals surface area contributed by atoms with Crippen LogP contribution in [0.4, 0.5) is 0 Å². The molecule has 6 heteroatoms. The van der Waals surface area contributed by atoms with Crippen molar-refractivity contribution in [3.63, 3.8) is 0 Å². The van der Waals surface area contributed by atoms with Gasteiger partial charge in [0.05, 0.1) is 26.0 Å². The molecule has 24 heavy (non-hydrogen) atoms. The molecule has 0 bridgehead atoms. The van der Waals surface area contributed by atoms with Crippen molar-refractivity contribution in [3.8, 4) is 5.75 Å². The Hall–Kier alpha value is -1.95. The van der Waals surface area contributed by atoms with E-state index in [9.17, 15) is 9.90 Å². The largest absolute Gasteiger partial charge is 0.493 e. The highest BCUT2D eigenvalue weighted by Crippen LogP contribution is 2.35. The van der Waals surface area contributed by atoms with Gasteiger partial charge in [-0.25, -0.2) is 4.98 Å². The number of pyridine rings is 1. The Morgan fingerprint density at radius 3 is 2.58 bits per heavy atom. The van der Waals surface area contributed by atoms with Crippen LogP contribution in [0.5, 0.6) is 5.75 Å². The second-order valence-electron chi connectivity index (χ2n) is 5.91. The van der Waals surface area contributed by atoms with E-state index in [2.05, 4.69) is 10.3 Å². The van der Waals surface area contributed by atoms with E-state index in [0.29, 0.717) is 17.0 Å². The zero-order valence-corrected chi connectivity index (χ0v) is 14.7. The van der Waals surface area contributed by atoms with Crippen molar-refractivity contribution < 1.29 is 14.6 Å². The highest BCUT2D eigenvalue weighted by molar-refractivity contribution is 6.31. The van der Waals surface area contributed by atoms with E-state index in [1.165, 1.54) is 7.11 Å². The van der Waals surface area contributed by atoms with E-state index in [1.807, 2.05) is 32.0 Å².